The monoisotopic (exact) mass is 258 g/mol. The highest BCUT2D eigenvalue weighted by Crippen LogP contribution is 2.16. The zero-order valence-electron chi connectivity index (χ0n) is 10.0. The number of nitrogens with zero attached hydrogens (tertiary/aromatic N) is 2. The van der Waals surface area contributed by atoms with E-state index in [-0.39, 0.29) is 0 Å². The van der Waals surface area contributed by atoms with Crippen molar-refractivity contribution in [3.63, 3.8) is 0 Å². The van der Waals surface area contributed by atoms with Crippen LogP contribution in [0.15, 0.2) is 11.2 Å². The van der Waals surface area contributed by atoms with E-state index in [0.717, 1.165) is 34.6 Å². The molecule has 1 aromatic rings. The maximum absolute atomic E-state index is 5.62. The molecule has 0 aliphatic carbocycles. The van der Waals surface area contributed by atoms with Gasteiger partial charge in [-0.15, -0.1) is 11.6 Å². The molecule has 0 N–H and O–H groups in total. The molecule has 0 radical (unpaired) electrons. The maximum atomic E-state index is 5.62. The van der Waals surface area contributed by atoms with Gasteiger partial charge in [-0.1, -0.05) is 24.6 Å². The zero-order chi connectivity index (χ0) is 11.8. The summed E-state index contributed by atoms with van der Waals surface area (Å²) in [6.07, 6.45) is 4.84. The molecule has 0 fully saturated rings. The molecule has 0 saturated heterocycles. The Morgan fingerprint density at radius 1 is 1.06 bits per heavy atom. The van der Waals surface area contributed by atoms with E-state index in [4.69, 9.17) is 11.6 Å². The van der Waals surface area contributed by atoms with Crippen LogP contribution in [0.4, 0.5) is 0 Å². The molecule has 0 spiro atoms. The molecule has 0 amide bonds. The van der Waals surface area contributed by atoms with Crippen molar-refractivity contribution in [3.8, 4) is 0 Å². The zero-order valence-corrected chi connectivity index (χ0v) is 11.6. The van der Waals surface area contributed by atoms with E-state index in [1.54, 1.807) is 11.8 Å². The number of thioether (sulfide) groups is 1. The van der Waals surface area contributed by atoms with E-state index >= 15 is 0 Å². The van der Waals surface area contributed by atoms with Gasteiger partial charge in [0.15, 0.2) is 5.16 Å². The summed E-state index contributed by atoms with van der Waals surface area (Å²) in [4.78, 5) is 8.80. The van der Waals surface area contributed by atoms with Gasteiger partial charge in [0.2, 0.25) is 0 Å². The van der Waals surface area contributed by atoms with Crippen molar-refractivity contribution < 1.29 is 0 Å². The first kappa shape index (κ1) is 13.8. The van der Waals surface area contributed by atoms with Gasteiger partial charge < -0.3 is 0 Å². The number of unbranched alkanes of at least 4 members (excludes halogenated alkanes) is 3. The molecule has 0 unspecified atom stereocenters. The molecular formula is C12H19ClN2S. The highest BCUT2D eigenvalue weighted by Gasteiger charge is 2.00. The minimum absolute atomic E-state index is 0.785. The SMILES string of the molecule is Cc1cc(C)nc(SCCCCCCCl)n1. The van der Waals surface area contributed by atoms with Crippen LogP contribution in [0.5, 0.6) is 0 Å². The van der Waals surface area contributed by atoms with Crippen LogP contribution in [0.3, 0.4) is 0 Å². The van der Waals surface area contributed by atoms with Crippen molar-refractivity contribution in [1.29, 1.82) is 0 Å². The van der Waals surface area contributed by atoms with Gasteiger partial charge in [-0.05, 0) is 32.8 Å². The Balaban J connectivity index is 2.21. The average molecular weight is 259 g/mol. The highest BCUT2D eigenvalue weighted by atomic mass is 35.5. The van der Waals surface area contributed by atoms with Crippen LogP contribution in [0.2, 0.25) is 0 Å². The summed E-state index contributed by atoms with van der Waals surface area (Å²) in [7, 11) is 0. The van der Waals surface area contributed by atoms with Crippen LogP contribution < -0.4 is 0 Å². The first-order valence-corrected chi connectivity index (χ1v) is 7.25. The second-order valence-electron chi connectivity index (χ2n) is 3.88. The quantitative estimate of drug-likeness (QED) is 0.320. The molecule has 90 valence electrons. The lowest BCUT2D eigenvalue weighted by molar-refractivity contribution is 0.708. The summed E-state index contributed by atoms with van der Waals surface area (Å²) >= 11 is 7.37. The lowest BCUT2D eigenvalue weighted by Gasteiger charge is -2.02. The van der Waals surface area contributed by atoms with Crippen LogP contribution >= 0.6 is 23.4 Å². The second kappa shape index (κ2) is 7.91. The first-order valence-electron chi connectivity index (χ1n) is 5.73. The minimum atomic E-state index is 0.785. The summed E-state index contributed by atoms with van der Waals surface area (Å²) in [5.41, 5.74) is 2.11. The minimum Gasteiger partial charge on any atom is -0.228 e. The number of hydrogen-bond acceptors (Lipinski definition) is 3. The van der Waals surface area contributed by atoms with Crippen LogP contribution in [0, 0.1) is 13.8 Å². The number of aryl methyl sites for hydroxylation is 2. The van der Waals surface area contributed by atoms with Gasteiger partial charge in [0.05, 0.1) is 0 Å². The number of rotatable bonds is 7. The van der Waals surface area contributed by atoms with Gasteiger partial charge in [0.25, 0.3) is 0 Å². The summed E-state index contributed by atoms with van der Waals surface area (Å²) in [6.45, 7) is 4.03. The average Bonchev–Trinajstić information content (AvgIpc) is 2.22. The molecule has 4 heteroatoms. The molecule has 1 rings (SSSR count). The Hall–Kier alpha value is -0.280. The Bertz CT molecular complexity index is 298. The highest BCUT2D eigenvalue weighted by molar-refractivity contribution is 7.99. The number of halogens is 1. The molecule has 1 aromatic heterocycles. The van der Waals surface area contributed by atoms with Crippen LogP contribution in [0.1, 0.15) is 37.1 Å². The number of hydrogen-bond donors (Lipinski definition) is 0. The lowest BCUT2D eigenvalue weighted by atomic mass is 10.2. The van der Waals surface area contributed by atoms with Gasteiger partial charge in [-0.3, -0.25) is 0 Å². The summed E-state index contributed by atoms with van der Waals surface area (Å²) in [5, 5.41) is 0.912. The Labute approximate surface area is 107 Å². The third-order valence-electron chi connectivity index (χ3n) is 2.22. The Kier molecular flexibility index (Phi) is 6.81. The van der Waals surface area contributed by atoms with E-state index in [2.05, 4.69) is 9.97 Å². The maximum Gasteiger partial charge on any atom is 0.187 e. The second-order valence-corrected chi connectivity index (χ2v) is 5.32. The predicted octanol–water partition coefficient (Wildman–Crippen LogP) is 3.98. The van der Waals surface area contributed by atoms with Crippen LogP contribution in [0.25, 0.3) is 0 Å². The smallest absolute Gasteiger partial charge is 0.187 e. The van der Waals surface area contributed by atoms with E-state index in [9.17, 15) is 0 Å². The van der Waals surface area contributed by atoms with Gasteiger partial charge >= 0.3 is 0 Å². The summed E-state index contributed by atoms with van der Waals surface area (Å²) < 4.78 is 0. The standard InChI is InChI=1S/C12H19ClN2S/c1-10-9-11(2)15-12(14-10)16-8-6-4-3-5-7-13/h9H,3-8H2,1-2H3. The topological polar surface area (TPSA) is 25.8 Å². The molecule has 16 heavy (non-hydrogen) atoms. The van der Waals surface area contributed by atoms with Crippen molar-refractivity contribution in [2.75, 3.05) is 11.6 Å². The van der Waals surface area contributed by atoms with Gasteiger partial charge in [-0.2, -0.15) is 0 Å². The van der Waals surface area contributed by atoms with Crippen LogP contribution in [-0.4, -0.2) is 21.6 Å². The van der Waals surface area contributed by atoms with Gasteiger partial charge in [-0.25, -0.2) is 9.97 Å². The first-order chi connectivity index (χ1) is 7.72. The Morgan fingerprint density at radius 3 is 2.31 bits per heavy atom. The normalized spacial score (nSPS) is 10.7. The fourth-order valence-electron chi connectivity index (χ4n) is 1.47. The van der Waals surface area contributed by atoms with E-state index < -0.39 is 0 Å². The van der Waals surface area contributed by atoms with Crippen molar-refractivity contribution in [1.82, 2.24) is 9.97 Å². The van der Waals surface area contributed by atoms with E-state index in [0.29, 0.717) is 0 Å². The van der Waals surface area contributed by atoms with Crippen molar-refractivity contribution in [3.05, 3.63) is 17.5 Å². The molecule has 0 aliphatic rings. The van der Waals surface area contributed by atoms with E-state index in [1.807, 2.05) is 19.9 Å². The van der Waals surface area contributed by atoms with Gasteiger partial charge in [0.1, 0.15) is 0 Å². The molecule has 2 nitrogen and oxygen atoms in total. The number of alkyl halides is 1. The fraction of sp³-hybridized carbons (Fsp3) is 0.667. The number of aromatic nitrogens is 2. The molecule has 1 heterocycles. The molecule has 0 aliphatic heterocycles. The van der Waals surface area contributed by atoms with Crippen LogP contribution in [-0.2, 0) is 0 Å². The molecular weight excluding hydrogens is 240 g/mol. The largest absolute Gasteiger partial charge is 0.228 e. The van der Waals surface area contributed by atoms with Crippen molar-refractivity contribution in [2.45, 2.75) is 44.7 Å². The third-order valence-corrected chi connectivity index (χ3v) is 3.42. The summed E-state index contributed by atoms with van der Waals surface area (Å²) in [5.74, 6) is 1.89. The fourth-order valence-corrected chi connectivity index (χ4v) is 2.61. The lowest BCUT2D eigenvalue weighted by Crippen LogP contribution is -1.93. The van der Waals surface area contributed by atoms with E-state index in [1.165, 1.54) is 19.3 Å². The molecule has 0 bridgehead atoms. The molecule has 0 atom stereocenters. The Morgan fingerprint density at radius 2 is 1.69 bits per heavy atom. The van der Waals surface area contributed by atoms with Gasteiger partial charge in [0, 0.05) is 23.0 Å². The molecule has 0 aromatic carbocycles. The predicted molar refractivity (Wildman–Crippen MR) is 71.4 cm³/mol. The molecule has 0 saturated carbocycles. The third kappa shape index (κ3) is 5.71. The van der Waals surface area contributed by atoms with Crippen molar-refractivity contribution in [2.24, 2.45) is 0 Å². The summed E-state index contributed by atoms with van der Waals surface area (Å²) in [6, 6.07) is 2.00. The van der Waals surface area contributed by atoms with Crippen molar-refractivity contribution >= 4 is 23.4 Å².